The van der Waals surface area contributed by atoms with Gasteiger partial charge in [0.2, 0.25) is 12.7 Å². The van der Waals surface area contributed by atoms with Crippen molar-refractivity contribution in [2.75, 3.05) is 23.6 Å². The third-order valence-corrected chi connectivity index (χ3v) is 5.43. The lowest BCUT2D eigenvalue weighted by molar-refractivity contribution is -0.116. The highest BCUT2D eigenvalue weighted by Crippen LogP contribution is 2.34. The van der Waals surface area contributed by atoms with Gasteiger partial charge in [-0.1, -0.05) is 18.2 Å². The van der Waals surface area contributed by atoms with Crippen LogP contribution in [-0.2, 0) is 17.8 Å². The number of nitrogens with zero attached hydrogens (tertiary/aromatic N) is 3. The van der Waals surface area contributed by atoms with Crippen LogP contribution in [0.15, 0.2) is 59.4 Å². The monoisotopic (exact) mass is 432 g/mol. The molecule has 3 heterocycles. The lowest BCUT2D eigenvalue weighted by Gasteiger charge is -2.17. The first-order valence-corrected chi connectivity index (χ1v) is 10.3. The second kappa shape index (κ2) is 8.18. The van der Waals surface area contributed by atoms with Crippen LogP contribution in [0.2, 0.25) is 0 Å². The van der Waals surface area contributed by atoms with Gasteiger partial charge < -0.3 is 19.7 Å². The molecule has 162 valence electrons. The summed E-state index contributed by atoms with van der Waals surface area (Å²) in [6.07, 6.45) is 0.799. The van der Waals surface area contributed by atoms with E-state index in [0.717, 1.165) is 22.4 Å². The van der Waals surface area contributed by atoms with Crippen LogP contribution >= 0.6 is 0 Å². The molecular weight excluding hydrogens is 412 g/mol. The molecule has 0 spiro atoms. The number of benzene rings is 2. The molecule has 0 aliphatic carbocycles. The van der Waals surface area contributed by atoms with E-state index in [1.807, 2.05) is 24.3 Å². The summed E-state index contributed by atoms with van der Waals surface area (Å²) in [5.74, 6) is 0.632. The van der Waals surface area contributed by atoms with Crippen molar-refractivity contribution >= 4 is 23.2 Å². The molecule has 32 heavy (non-hydrogen) atoms. The number of carbonyl (C=O) groups excluding carboxylic acids is 2. The van der Waals surface area contributed by atoms with Crippen molar-refractivity contribution in [1.82, 2.24) is 9.78 Å². The number of aryl methyl sites for hydroxylation is 1. The van der Waals surface area contributed by atoms with Crippen LogP contribution < -0.4 is 25.2 Å². The molecule has 0 bridgehead atoms. The normalized spacial score (nSPS) is 13.7. The summed E-state index contributed by atoms with van der Waals surface area (Å²) in [5, 5.41) is 6.97. The molecule has 1 N–H and O–H groups in total. The minimum Gasteiger partial charge on any atom is -0.454 e. The molecule has 9 heteroatoms. The first kappa shape index (κ1) is 19.8. The first-order chi connectivity index (χ1) is 15.6. The number of aromatic nitrogens is 2. The van der Waals surface area contributed by atoms with E-state index in [9.17, 15) is 14.4 Å². The van der Waals surface area contributed by atoms with Crippen molar-refractivity contribution in [1.29, 1.82) is 0 Å². The molecule has 2 aliphatic rings. The Balaban J connectivity index is 1.26. The maximum atomic E-state index is 13.0. The van der Waals surface area contributed by atoms with Crippen LogP contribution in [0.3, 0.4) is 0 Å². The minimum absolute atomic E-state index is 0.0194. The highest BCUT2D eigenvalue weighted by atomic mass is 16.7. The van der Waals surface area contributed by atoms with Gasteiger partial charge >= 0.3 is 0 Å². The third kappa shape index (κ3) is 3.80. The second-order valence-corrected chi connectivity index (χ2v) is 7.48. The van der Waals surface area contributed by atoms with Gasteiger partial charge in [0.05, 0.1) is 6.54 Å². The van der Waals surface area contributed by atoms with E-state index in [1.165, 1.54) is 12.1 Å². The number of fused-ring (bicyclic) bond motifs is 2. The standard InChI is InChI=1S/C23H20N4O5/c28-21(24-16-5-7-19-20(13-16)32-14-31-19)10-12-27-22(29)8-6-17(25-27)23(30)26-11-9-15-3-1-2-4-18(15)26/h1-8,13H,9-12,14H2,(H,24,28). The molecule has 2 aliphatic heterocycles. The van der Waals surface area contributed by atoms with E-state index < -0.39 is 0 Å². The summed E-state index contributed by atoms with van der Waals surface area (Å²) in [7, 11) is 0. The number of hydrogen-bond donors (Lipinski definition) is 1. The van der Waals surface area contributed by atoms with Crippen molar-refractivity contribution < 1.29 is 19.1 Å². The summed E-state index contributed by atoms with van der Waals surface area (Å²) in [6, 6.07) is 15.6. The summed E-state index contributed by atoms with van der Waals surface area (Å²) < 4.78 is 11.7. The van der Waals surface area contributed by atoms with Gasteiger partial charge in [-0.3, -0.25) is 14.4 Å². The van der Waals surface area contributed by atoms with Crippen molar-refractivity contribution in [3.63, 3.8) is 0 Å². The van der Waals surface area contributed by atoms with E-state index in [1.54, 1.807) is 23.1 Å². The summed E-state index contributed by atoms with van der Waals surface area (Å²) in [4.78, 5) is 39.2. The van der Waals surface area contributed by atoms with E-state index in [2.05, 4.69) is 10.4 Å². The smallest absolute Gasteiger partial charge is 0.278 e. The Morgan fingerprint density at radius 3 is 2.78 bits per heavy atom. The maximum absolute atomic E-state index is 13.0. The number of ether oxygens (including phenoxy) is 2. The van der Waals surface area contributed by atoms with Gasteiger partial charge in [0.1, 0.15) is 5.69 Å². The van der Waals surface area contributed by atoms with Crippen LogP contribution in [-0.4, -0.2) is 34.9 Å². The number of rotatable bonds is 5. The zero-order valence-electron chi connectivity index (χ0n) is 17.1. The molecule has 0 saturated carbocycles. The number of amides is 2. The van der Waals surface area contributed by atoms with Crippen molar-refractivity contribution in [3.05, 3.63) is 76.2 Å². The fraction of sp³-hybridized carbons (Fsp3) is 0.217. The molecular formula is C23H20N4O5. The topological polar surface area (TPSA) is 103 Å². The molecule has 5 rings (SSSR count). The molecule has 9 nitrogen and oxygen atoms in total. The SMILES string of the molecule is O=C(CCn1nc(C(=O)N2CCc3ccccc32)ccc1=O)Nc1ccc2c(c1)OCO2. The highest BCUT2D eigenvalue weighted by Gasteiger charge is 2.26. The molecule has 1 aromatic heterocycles. The van der Waals surface area contributed by atoms with Crippen LogP contribution in [0.4, 0.5) is 11.4 Å². The first-order valence-electron chi connectivity index (χ1n) is 10.3. The van der Waals surface area contributed by atoms with Gasteiger partial charge in [0.15, 0.2) is 11.5 Å². The van der Waals surface area contributed by atoms with Gasteiger partial charge in [-0.2, -0.15) is 5.10 Å². The molecule has 0 fully saturated rings. The number of carbonyl (C=O) groups is 2. The molecule has 0 saturated heterocycles. The molecule has 0 unspecified atom stereocenters. The van der Waals surface area contributed by atoms with Crippen molar-refractivity contribution in [3.8, 4) is 11.5 Å². The van der Waals surface area contributed by atoms with Crippen LogP contribution in [0.5, 0.6) is 11.5 Å². The summed E-state index contributed by atoms with van der Waals surface area (Å²) in [6.45, 7) is 0.767. The summed E-state index contributed by atoms with van der Waals surface area (Å²) in [5.41, 5.74) is 2.32. The van der Waals surface area contributed by atoms with E-state index in [0.29, 0.717) is 23.7 Å². The Labute approximate surface area is 183 Å². The predicted octanol–water partition coefficient (Wildman–Crippen LogP) is 2.20. The zero-order chi connectivity index (χ0) is 22.1. The fourth-order valence-corrected chi connectivity index (χ4v) is 3.82. The maximum Gasteiger partial charge on any atom is 0.278 e. The zero-order valence-corrected chi connectivity index (χ0v) is 17.1. The number of nitrogens with one attached hydrogen (secondary N) is 1. The van der Waals surface area contributed by atoms with Gasteiger partial charge in [-0.15, -0.1) is 0 Å². The van der Waals surface area contributed by atoms with Crippen LogP contribution in [0.25, 0.3) is 0 Å². The largest absolute Gasteiger partial charge is 0.454 e. The van der Waals surface area contributed by atoms with Gasteiger partial charge in [0.25, 0.3) is 11.5 Å². The molecule has 2 aromatic carbocycles. The predicted molar refractivity (Wildman–Crippen MR) is 116 cm³/mol. The average molecular weight is 432 g/mol. The number of hydrogen-bond acceptors (Lipinski definition) is 6. The lowest BCUT2D eigenvalue weighted by atomic mass is 10.2. The molecule has 2 amide bonds. The highest BCUT2D eigenvalue weighted by molar-refractivity contribution is 6.05. The van der Waals surface area contributed by atoms with Gasteiger partial charge in [-0.25, -0.2) is 4.68 Å². The Morgan fingerprint density at radius 2 is 1.88 bits per heavy atom. The Kier molecular flexibility index (Phi) is 5.06. The van der Waals surface area contributed by atoms with E-state index in [-0.39, 0.29) is 42.8 Å². The molecule has 3 aromatic rings. The average Bonchev–Trinajstić information content (AvgIpc) is 3.44. The molecule has 0 radical (unpaired) electrons. The quantitative estimate of drug-likeness (QED) is 0.663. The Morgan fingerprint density at radius 1 is 1.03 bits per heavy atom. The van der Waals surface area contributed by atoms with Crippen LogP contribution in [0, 0.1) is 0 Å². The van der Waals surface area contributed by atoms with Gasteiger partial charge in [0, 0.05) is 36.5 Å². The van der Waals surface area contributed by atoms with E-state index in [4.69, 9.17) is 9.47 Å². The lowest BCUT2D eigenvalue weighted by Crippen LogP contribution is -2.33. The minimum atomic E-state index is -0.376. The number of para-hydroxylation sites is 1. The summed E-state index contributed by atoms with van der Waals surface area (Å²) >= 11 is 0. The Bertz CT molecular complexity index is 1270. The van der Waals surface area contributed by atoms with Crippen molar-refractivity contribution in [2.24, 2.45) is 0 Å². The molecule has 0 atom stereocenters. The number of anilines is 2. The fourth-order valence-electron chi connectivity index (χ4n) is 3.82. The van der Waals surface area contributed by atoms with Gasteiger partial charge in [-0.05, 0) is 36.2 Å². The van der Waals surface area contributed by atoms with Crippen LogP contribution in [0.1, 0.15) is 22.5 Å². The Hall–Kier alpha value is -4.14. The second-order valence-electron chi connectivity index (χ2n) is 7.48. The van der Waals surface area contributed by atoms with E-state index >= 15 is 0 Å². The third-order valence-electron chi connectivity index (χ3n) is 5.43. The van der Waals surface area contributed by atoms with Crippen molar-refractivity contribution in [2.45, 2.75) is 19.4 Å².